The summed E-state index contributed by atoms with van der Waals surface area (Å²) in [6.45, 7) is 1.29. The lowest BCUT2D eigenvalue weighted by molar-refractivity contribution is -0.303. The summed E-state index contributed by atoms with van der Waals surface area (Å²) in [4.78, 5) is 0. The molecule has 16 heavy (non-hydrogen) atoms. The number of alkyl halides is 8. The zero-order chi connectivity index (χ0) is 13.2. The Kier molecular flexibility index (Phi) is 2.39. The lowest BCUT2D eigenvalue weighted by Gasteiger charge is -2.23. The Balaban J connectivity index is 3.66. The molecule has 1 aliphatic carbocycles. The molecular formula is C8H6F8. The number of allylic oxidation sites excluding steroid dienone is 2. The summed E-state index contributed by atoms with van der Waals surface area (Å²) in [5, 5.41) is 0. The van der Waals surface area contributed by atoms with Crippen LogP contribution in [0.25, 0.3) is 0 Å². The molecule has 0 radical (unpaired) electrons. The SMILES string of the molecule is CC(C)=C1C(F)(F)C(F)(F)C(F)(F)C1(F)F. The van der Waals surface area contributed by atoms with Gasteiger partial charge >= 0.3 is 23.7 Å². The van der Waals surface area contributed by atoms with Crippen molar-refractivity contribution in [1.82, 2.24) is 0 Å². The molecule has 0 N–H and O–H groups in total. The van der Waals surface area contributed by atoms with E-state index in [9.17, 15) is 35.1 Å². The van der Waals surface area contributed by atoms with Crippen LogP contribution in [0.1, 0.15) is 13.8 Å². The van der Waals surface area contributed by atoms with E-state index in [1.807, 2.05) is 0 Å². The van der Waals surface area contributed by atoms with Crippen molar-refractivity contribution in [2.45, 2.75) is 37.5 Å². The molecule has 1 aliphatic rings. The molecule has 1 saturated carbocycles. The van der Waals surface area contributed by atoms with Crippen molar-refractivity contribution < 1.29 is 35.1 Å². The van der Waals surface area contributed by atoms with E-state index in [0.29, 0.717) is 13.8 Å². The molecule has 0 amide bonds. The third kappa shape index (κ3) is 1.10. The monoisotopic (exact) mass is 254 g/mol. The molecular weight excluding hydrogens is 248 g/mol. The van der Waals surface area contributed by atoms with Gasteiger partial charge < -0.3 is 0 Å². The van der Waals surface area contributed by atoms with E-state index < -0.39 is 34.8 Å². The Bertz CT molecular complexity index is 319. The molecule has 0 nitrogen and oxygen atoms in total. The number of hydrogen-bond donors (Lipinski definition) is 0. The van der Waals surface area contributed by atoms with Gasteiger partial charge in [0.1, 0.15) is 0 Å². The largest absolute Gasteiger partial charge is 0.382 e. The van der Waals surface area contributed by atoms with E-state index in [2.05, 4.69) is 0 Å². The van der Waals surface area contributed by atoms with Crippen LogP contribution in [0.5, 0.6) is 0 Å². The maximum atomic E-state index is 12.9. The molecule has 0 unspecified atom stereocenters. The summed E-state index contributed by atoms with van der Waals surface area (Å²) in [5.74, 6) is -23.3. The van der Waals surface area contributed by atoms with E-state index in [4.69, 9.17) is 0 Å². The van der Waals surface area contributed by atoms with E-state index in [0.717, 1.165) is 0 Å². The highest BCUT2D eigenvalue weighted by atomic mass is 19.4. The van der Waals surface area contributed by atoms with Gasteiger partial charge in [0.2, 0.25) is 0 Å². The summed E-state index contributed by atoms with van der Waals surface area (Å²) in [6, 6.07) is 0. The Morgan fingerprint density at radius 1 is 0.688 bits per heavy atom. The lowest BCUT2D eigenvalue weighted by atomic mass is 10.0. The Labute approximate surface area is 84.9 Å². The standard InChI is InChI=1S/C8H6F8/c1-3(2)4-5(9,10)7(13,14)8(15,16)6(4,11)12/h1-2H3. The number of halogens is 8. The van der Waals surface area contributed by atoms with Gasteiger partial charge in [-0.15, -0.1) is 0 Å². The molecule has 0 aromatic carbocycles. The van der Waals surface area contributed by atoms with Gasteiger partial charge in [0, 0.05) is 0 Å². The first-order valence-corrected chi connectivity index (χ1v) is 4.01. The van der Waals surface area contributed by atoms with Crippen molar-refractivity contribution in [2.75, 3.05) is 0 Å². The normalized spacial score (nSPS) is 29.2. The van der Waals surface area contributed by atoms with Crippen LogP contribution in [0.15, 0.2) is 11.1 Å². The second-order valence-electron chi connectivity index (χ2n) is 3.67. The third-order valence-electron chi connectivity index (χ3n) is 2.31. The van der Waals surface area contributed by atoms with E-state index in [1.165, 1.54) is 0 Å². The molecule has 1 rings (SSSR count). The third-order valence-corrected chi connectivity index (χ3v) is 2.31. The topological polar surface area (TPSA) is 0 Å². The smallest absolute Gasteiger partial charge is 0.194 e. The Hall–Kier alpha value is -0.820. The highest BCUT2D eigenvalue weighted by Crippen LogP contribution is 2.66. The van der Waals surface area contributed by atoms with Crippen molar-refractivity contribution >= 4 is 0 Å². The van der Waals surface area contributed by atoms with Gasteiger partial charge in [-0.05, 0) is 13.8 Å². The van der Waals surface area contributed by atoms with Gasteiger partial charge in [-0.1, -0.05) is 5.57 Å². The molecule has 94 valence electrons. The van der Waals surface area contributed by atoms with Gasteiger partial charge in [0.05, 0.1) is 5.57 Å². The summed E-state index contributed by atoms with van der Waals surface area (Å²) >= 11 is 0. The van der Waals surface area contributed by atoms with E-state index in [-0.39, 0.29) is 0 Å². The fourth-order valence-electron chi connectivity index (χ4n) is 1.53. The molecule has 0 atom stereocenters. The predicted octanol–water partition coefficient (Wildman–Crippen LogP) is 3.88. The minimum Gasteiger partial charge on any atom is -0.194 e. The molecule has 0 heterocycles. The summed E-state index contributed by atoms with van der Waals surface area (Å²) in [7, 11) is 0. The van der Waals surface area contributed by atoms with Crippen molar-refractivity contribution in [3.63, 3.8) is 0 Å². The van der Waals surface area contributed by atoms with Gasteiger partial charge in [-0.25, -0.2) is 0 Å². The van der Waals surface area contributed by atoms with Crippen LogP contribution in [0.3, 0.4) is 0 Å². The predicted molar refractivity (Wildman–Crippen MR) is 38.2 cm³/mol. The van der Waals surface area contributed by atoms with Crippen LogP contribution in [0.2, 0.25) is 0 Å². The highest BCUT2D eigenvalue weighted by molar-refractivity contribution is 5.40. The van der Waals surface area contributed by atoms with Crippen molar-refractivity contribution in [3.8, 4) is 0 Å². The van der Waals surface area contributed by atoms with Crippen LogP contribution in [-0.2, 0) is 0 Å². The van der Waals surface area contributed by atoms with Crippen LogP contribution in [0.4, 0.5) is 35.1 Å². The van der Waals surface area contributed by atoms with Crippen molar-refractivity contribution in [3.05, 3.63) is 11.1 Å². The molecule has 0 bridgehead atoms. The minimum absolute atomic E-state index is 0.647. The quantitative estimate of drug-likeness (QED) is 0.454. The maximum Gasteiger partial charge on any atom is 0.382 e. The van der Waals surface area contributed by atoms with Crippen LogP contribution < -0.4 is 0 Å². The molecule has 0 aromatic rings. The van der Waals surface area contributed by atoms with Crippen LogP contribution >= 0.6 is 0 Å². The number of hydrogen-bond acceptors (Lipinski definition) is 0. The second kappa shape index (κ2) is 2.89. The van der Waals surface area contributed by atoms with Gasteiger partial charge in [-0.2, -0.15) is 35.1 Å². The van der Waals surface area contributed by atoms with E-state index >= 15 is 0 Å². The average Bonchev–Trinajstić information content (AvgIpc) is 2.05. The summed E-state index contributed by atoms with van der Waals surface area (Å²) in [5.41, 5.74) is -3.46. The Morgan fingerprint density at radius 2 is 0.938 bits per heavy atom. The van der Waals surface area contributed by atoms with E-state index in [1.54, 1.807) is 0 Å². The van der Waals surface area contributed by atoms with Gasteiger partial charge in [0.25, 0.3) is 0 Å². The molecule has 1 fully saturated rings. The first-order valence-electron chi connectivity index (χ1n) is 4.01. The van der Waals surface area contributed by atoms with Gasteiger partial charge in [-0.3, -0.25) is 0 Å². The highest BCUT2D eigenvalue weighted by Gasteiger charge is 2.91. The molecule has 8 heteroatoms. The van der Waals surface area contributed by atoms with Crippen molar-refractivity contribution in [2.24, 2.45) is 0 Å². The molecule has 0 spiro atoms. The molecule has 0 aliphatic heterocycles. The fourth-order valence-corrected chi connectivity index (χ4v) is 1.53. The number of rotatable bonds is 0. The first-order chi connectivity index (χ1) is 6.82. The second-order valence-corrected chi connectivity index (χ2v) is 3.67. The average molecular weight is 254 g/mol. The molecule has 0 saturated heterocycles. The summed E-state index contributed by atoms with van der Waals surface area (Å²) < 4.78 is 102. The lowest BCUT2D eigenvalue weighted by Crippen LogP contribution is -2.51. The summed E-state index contributed by atoms with van der Waals surface area (Å²) in [6.07, 6.45) is 0. The van der Waals surface area contributed by atoms with Crippen LogP contribution in [0, 0.1) is 0 Å². The fraction of sp³-hybridized carbons (Fsp3) is 0.750. The van der Waals surface area contributed by atoms with Crippen LogP contribution in [-0.4, -0.2) is 23.7 Å². The Morgan fingerprint density at radius 3 is 1.06 bits per heavy atom. The zero-order valence-corrected chi connectivity index (χ0v) is 8.02. The first kappa shape index (κ1) is 13.2. The minimum atomic E-state index is -6.10. The molecule has 0 aromatic heterocycles. The van der Waals surface area contributed by atoms with Crippen molar-refractivity contribution in [1.29, 1.82) is 0 Å². The van der Waals surface area contributed by atoms with Gasteiger partial charge in [0.15, 0.2) is 0 Å². The zero-order valence-electron chi connectivity index (χ0n) is 8.02. The maximum absolute atomic E-state index is 12.9.